The summed E-state index contributed by atoms with van der Waals surface area (Å²) in [6.07, 6.45) is 1.72. The molecule has 0 aliphatic rings. The van der Waals surface area contributed by atoms with Crippen LogP contribution in [0.2, 0.25) is 5.02 Å². The van der Waals surface area contributed by atoms with Crippen LogP contribution in [0.5, 0.6) is 5.75 Å². The third kappa shape index (κ3) is 5.82. The molecule has 0 amide bonds. The minimum atomic E-state index is -0.422. The van der Waals surface area contributed by atoms with Crippen LogP contribution in [0.3, 0.4) is 0 Å². The van der Waals surface area contributed by atoms with Crippen LogP contribution in [0.25, 0.3) is 0 Å². The molecule has 0 heterocycles. The van der Waals surface area contributed by atoms with Crippen molar-refractivity contribution >= 4 is 23.5 Å². The molecule has 0 radical (unpaired) electrons. The average molecular weight is 396 g/mol. The maximum atomic E-state index is 10.7. The maximum Gasteiger partial charge on any atom is 0.269 e. The molecular weight excluding hydrogens is 378 g/mol. The number of nitrogens with one attached hydrogen (secondary N) is 1. The highest BCUT2D eigenvalue weighted by Gasteiger charge is 2.04. The van der Waals surface area contributed by atoms with Crippen LogP contribution in [0, 0.1) is 10.1 Å². The van der Waals surface area contributed by atoms with Crippen molar-refractivity contribution in [3.05, 3.63) is 105 Å². The van der Waals surface area contributed by atoms with Gasteiger partial charge in [-0.1, -0.05) is 35.9 Å². The number of nitro groups is 1. The van der Waals surface area contributed by atoms with E-state index in [1.165, 1.54) is 12.1 Å². The molecule has 0 saturated heterocycles. The van der Waals surface area contributed by atoms with Crippen LogP contribution < -0.4 is 10.2 Å². The smallest absolute Gasteiger partial charge is 0.269 e. The van der Waals surface area contributed by atoms with Gasteiger partial charge in [-0.2, -0.15) is 5.10 Å². The molecule has 7 heteroatoms. The van der Waals surface area contributed by atoms with Crippen LogP contribution in [0.15, 0.2) is 77.9 Å². The van der Waals surface area contributed by atoms with Crippen molar-refractivity contribution in [1.29, 1.82) is 0 Å². The van der Waals surface area contributed by atoms with Crippen molar-refractivity contribution in [2.75, 3.05) is 0 Å². The molecule has 0 unspecified atom stereocenters. The Balaban J connectivity index is 1.51. The van der Waals surface area contributed by atoms with Crippen LogP contribution in [0.4, 0.5) is 5.69 Å². The highest BCUT2D eigenvalue weighted by atomic mass is 35.5. The lowest BCUT2D eigenvalue weighted by Gasteiger charge is -2.07. The normalized spacial score (nSPS) is 10.8. The van der Waals surface area contributed by atoms with Gasteiger partial charge in [0.1, 0.15) is 12.4 Å². The number of hydrazone groups is 1. The molecular formula is C21H18ClN3O3. The van der Waals surface area contributed by atoms with E-state index in [0.29, 0.717) is 23.9 Å². The maximum absolute atomic E-state index is 10.7. The van der Waals surface area contributed by atoms with Crippen LogP contribution in [-0.4, -0.2) is 11.1 Å². The molecule has 0 aliphatic carbocycles. The van der Waals surface area contributed by atoms with Crippen LogP contribution in [0.1, 0.15) is 16.7 Å². The zero-order chi connectivity index (χ0) is 19.8. The molecule has 1 N–H and O–H groups in total. The third-order valence-corrected chi connectivity index (χ3v) is 4.16. The summed E-state index contributed by atoms with van der Waals surface area (Å²) in [6.45, 7) is 0.928. The topological polar surface area (TPSA) is 76.8 Å². The van der Waals surface area contributed by atoms with E-state index in [2.05, 4.69) is 10.5 Å². The Hall–Kier alpha value is -3.38. The molecule has 0 atom stereocenters. The minimum Gasteiger partial charge on any atom is -0.489 e. The number of non-ortho nitro benzene ring substituents is 1. The van der Waals surface area contributed by atoms with Gasteiger partial charge in [0, 0.05) is 17.2 Å². The molecule has 3 aromatic rings. The first-order valence-electron chi connectivity index (χ1n) is 8.57. The van der Waals surface area contributed by atoms with E-state index < -0.39 is 4.92 Å². The summed E-state index contributed by atoms with van der Waals surface area (Å²) in [5, 5.41) is 15.6. The first-order chi connectivity index (χ1) is 13.6. The zero-order valence-electron chi connectivity index (χ0n) is 14.9. The van der Waals surface area contributed by atoms with Gasteiger partial charge in [0.25, 0.3) is 5.69 Å². The molecule has 0 aromatic heterocycles. The highest BCUT2D eigenvalue weighted by molar-refractivity contribution is 6.30. The summed E-state index contributed by atoms with van der Waals surface area (Å²) in [7, 11) is 0. The van der Waals surface area contributed by atoms with Crippen molar-refractivity contribution in [2.45, 2.75) is 13.2 Å². The first-order valence-corrected chi connectivity index (χ1v) is 8.94. The van der Waals surface area contributed by atoms with Crippen molar-refractivity contribution in [1.82, 2.24) is 5.43 Å². The fourth-order valence-corrected chi connectivity index (χ4v) is 2.55. The van der Waals surface area contributed by atoms with Gasteiger partial charge in [0.15, 0.2) is 0 Å². The van der Waals surface area contributed by atoms with Crippen molar-refractivity contribution < 1.29 is 9.66 Å². The van der Waals surface area contributed by atoms with Gasteiger partial charge in [-0.3, -0.25) is 10.1 Å². The molecule has 0 saturated carbocycles. The lowest BCUT2D eigenvalue weighted by Crippen LogP contribution is -2.05. The predicted molar refractivity (Wildman–Crippen MR) is 110 cm³/mol. The Morgan fingerprint density at radius 1 is 1.04 bits per heavy atom. The lowest BCUT2D eigenvalue weighted by molar-refractivity contribution is -0.384. The average Bonchev–Trinajstić information content (AvgIpc) is 2.71. The van der Waals surface area contributed by atoms with Crippen molar-refractivity contribution in [3.63, 3.8) is 0 Å². The standard InChI is InChI=1S/C21H18ClN3O3/c22-19-8-4-16(5-9-19)13-23-24-14-18-2-1-3-21(12-18)28-15-17-6-10-20(11-7-17)25(26)27/h1-12,14,23H,13,15H2/b24-14-. The van der Waals surface area contributed by atoms with E-state index in [1.807, 2.05) is 48.5 Å². The summed E-state index contributed by atoms with van der Waals surface area (Å²) in [6, 6.07) is 21.4. The van der Waals surface area contributed by atoms with Gasteiger partial charge in [-0.25, -0.2) is 0 Å². The third-order valence-electron chi connectivity index (χ3n) is 3.91. The zero-order valence-corrected chi connectivity index (χ0v) is 15.7. The molecule has 3 rings (SSSR count). The second kappa shape index (κ2) is 9.53. The Labute approximate surface area is 167 Å². The number of nitro benzene ring substituents is 1. The molecule has 28 heavy (non-hydrogen) atoms. The molecule has 0 aliphatic heterocycles. The van der Waals surface area contributed by atoms with E-state index >= 15 is 0 Å². The largest absolute Gasteiger partial charge is 0.489 e. The van der Waals surface area contributed by atoms with Crippen molar-refractivity contribution in [3.8, 4) is 5.75 Å². The summed E-state index contributed by atoms with van der Waals surface area (Å²) >= 11 is 5.86. The van der Waals surface area contributed by atoms with Gasteiger partial charge in [-0.05, 0) is 53.1 Å². The first kappa shape index (κ1) is 19.4. The Kier molecular flexibility index (Phi) is 6.59. The van der Waals surface area contributed by atoms with Crippen LogP contribution >= 0.6 is 11.6 Å². The Morgan fingerprint density at radius 2 is 1.75 bits per heavy atom. The SMILES string of the molecule is O=[N+]([O-])c1ccc(COc2cccc(/C=N\NCc3ccc(Cl)cc3)c2)cc1. The molecule has 0 spiro atoms. The van der Waals surface area contributed by atoms with Gasteiger partial charge in [0.2, 0.25) is 0 Å². The Morgan fingerprint density at radius 3 is 2.46 bits per heavy atom. The number of halogens is 1. The molecule has 0 fully saturated rings. The number of benzene rings is 3. The highest BCUT2D eigenvalue weighted by Crippen LogP contribution is 2.16. The van der Waals surface area contributed by atoms with E-state index in [0.717, 1.165) is 16.7 Å². The van der Waals surface area contributed by atoms with E-state index in [4.69, 9.17) is 16.3 Å². The lowest BCUT2D eigenvalue weighted by atomic mass is 10.2. The number of nitrogens with zero attached hydrogens (tertiary/aromatic N) is 2. The summed E-state index contributed by atoms with van der Waals surface area (Å²) < 4.78 is 5.76. The molecule has 0 bridgehead atoms. The summed E-state index contributed by atoms with van der Waals surface area (Å²) in [5.41, 5.74) is 5.89. The van der Waals surface area contributed by atoms with Gasteiger partial charge in [-0.15, -0.1) is 0 Å². The predicted octanol–water partition coefficient (Wildman–Crippen LogP) is 4.95. The fourth-order valence-electron chi connectivity index (χ4n) is 2.42. The monoisotopic (exact) mass is 395 g/mol. The number of hydrogen-bond acceptors (Lipinski definition) is 5. The quantitative estimate of drug-likeness (QED) is 0.332. The second-order valence-corrected chi connectivity index (χ2v) is 6.44. The van der Waals surface area contributed by atoms with Crippen LogP contribution in [-0.2, 0) is 13.2 Å². The summed E-state index contributed by atoms with van der Waals surface area (Å²) in [4.78, 5) is 10.3. The van der Waals surface area contributed by atoms with E-state index in [1.54, 1.807) is 18.3 Å². The minimum absolute atomic E-state index is 0.0630. The fraction of sp³-hybridized carbons (Fsp3) is 0.0952. The van der Waals surface area contributed by atoms with E-state index in [9.17, 15) is 10.1 Å². The number of rotatable bonds is 8. The molecule has 6 nitrogen and oxygen atoms in total. The molecule has 142 valence electrons. The molecule has 3 aromatic carbocycles. The van der Waals surface area contributed by atoms with Crippen molar-refractivity contribution in [2.24, 2.45) is 5.10 Å². The Bertz CT molecular complexity index is 957. The van der Waals surface area contributed by atoms with Gasteiger partial charge in [0.05, 0.1) is 17.7 Å². The summed E-state index contributed by atoms with van der Waals surface area (Å²) in [5.74, 6) is 0.694. The number of ether oxygens (including phenoxy) is 1. The van der Waals surface area contributed by atoms with Gasteiger partial charge >= 0.3 is 0 Å². The second-order valence-electron chi connectivity index (χ2n) is 6.00. The van der Waals surface area contributed by atoms with Gasteiger partial charge < -0.3 is 10.2 Å². The van der Waals surface area contributed by atoms with E-state index in [-0.39, 0.29) is 5.69 Å². The number of hydrogen-bond donors (Lipinski definition) is 1.